The van der Waals surface area contributed by atoms with Gasteiger partial charge in [-0.05, 0) is 26.0 Å². The number of halogens is 1. The summed E-state index contributed by atoms with van der Waals surface area (Å²) in [5.41, 5.74) is 7.16. The van der Waals surface area contributed by atoms with E-state index < -0.39 is 12.1 Å². The van der Waals surface area contributed by atoms with Crippen LogP contribution in [-0.2, 0) is 20.9 Å². The monoisotopic (exact) mass is 569 g/mol. The fourth-order valence-corrected chi connectivity index (χ4v) is 5.02. The van der Waals surface area contributed by atoms with Crippen molar-refractivity contribution in [3.8, 4) is 12.1 Å². The van der Waals surface area contributed by atoms with E-state index in [-0.39, 0.29) is 74.0 Å². The molecule has 13 heteroatoms. The number of aromatic nitrogens is 2. The number of hydrogen-bond acceptors (Lipinski definition) is 12. The molecule has 2 N–H and O–H groups in total. The van der Waals surface area contributed by atoms with E-state index >= 15 is 0 Å². The van der Waals surface area contributed by atoms with Crippen LogP contribution in [0.25, 0.3) is 0 Å². The van der Waals surface area contributed by atoms with Crippen molar-refractivity contribution in [2.24, 2.45) is 0 Å². The van der Waals surface area contributed by atoms with Crippen LogP contribution in [0, 0.1) is 11.3 Å². The van der Waals surface area contributed by atoms with Gasteiger partial charge in [0.15, 0.2) is 11.5 Å². The second-order valence-electron chi connectivity index (χ2n) is 10.1. The highest BCUT2D eigenvalue weighted by Crippen LogP contribution is 2.30. The van der Waals surface area contributed by atoms with Crippen LogP contribution in [0.3, 0.4) is 0 Å². The number of hydrogen-bond donors (Lipinski definition) is 1. The molecule has 1 aromatic carbocycles. The molecule has 0 spiro atoms. The summed E-state index contributed by atoms with van der Waals surface area (Å²) in [6.45, 7) is 3.60. The lowest BCUT2D eigenvalue weighted by Crippen LogP contribution is -2.55. The molecule has 2 aliphatic rings. The molecule has 3 atom stereocenters. The van der Waals surface area contributed by atoms with Crippen LogP contribution in [-0.4, -0.2) is 103 Å². The molecule has 2 aliphatic heterocycles. The van der Waals surface area contributed by atoms with Crippen LogP contribution in [0.4, 0.5) is 15.9 Å². The third kappa shape index (κ3) is 7.80. The van der Waals surface area contributed by atoms with Crippen LogP contribution in [0.1, 0.15) is 35.8 Å². The van der Waals surface area contributed by atoms with Gasteiger partial charge in [0.05, 0.1) is 25.6 Å². The minimum Gasteiger partial charge on any atom is -0.462 e. The van der Waals surface area contributed by atoms with Gasteiger partial charge in [-0.3, -0.25) is 14.6 Å². The lowest BCUT2D eigenvalue weighted by Gasteiger charge is -2.41. The first-order valence-electron chi connectivity index (χ1n) is 13.7. The predicted octanol–water partition coefficient (Wildman–Crippen LogP) is 1.80. The summed E-state index contributed by atoms with van der Waals surface area (Å²) in [6, 6.07) is 11.0. The average molecular weight is 570 g/mol. The first-order valence-corrected chi connectivity index (χ1v) is 13.7. The summed E-state index contributed by atoms with van der Waals surface area (Å²) in [6.07, 6.45) is -0.454. The highest BCUT2D eigenvalue weighted by molar-refractivity contribution is 5.95. The number of piperazine rings is 1. The maximum Gasteiger partial charge on any atom is 0.359 e. The van der Waals surface area contributed by atoms with Crippen LogP contribution in [0.5, 0.6) is 6.01 Å². The van der Waals surface area contributed by atoms with Gasteiger partial charge in [0.2, 0.25) is 0 Å². The average Bonchev–Trinajstić information content (AvgIpc) is 3.29. The van der Waals surface area contributed by atoms with E-state index in [1.165, 1.54) is 0 Å². The topological polar surface area (TPSA) is 147 Å². The Morgan fingerprint density at radius 3 is 2.61 bits per heavy atom. The number of anilines is 2. The molecule has 0 radical (unpaired) electrons. The lowest BCUT2D eigenvalue weighted by atomic mass is 10.1. The van der Waals surface area contributed by atoms with E-state index in [4.69, 9.17) is 19.9 Å². The number of likely N-dealkylation sites (N-methyl/N-ethyl adjacent to an activating group) is 1. The van der Waals surface area contributed by atoms with Crippen molar-refractivity contribution < 1.29 is 28.2 Å². The van der Waals surface area contributed by atoms with Gasteiger partial charge in [0.25, 0.3) is 0 Å². The molecule has 0 amide bonds. The third-order valence-corrected chi connectivity index (χ3v) is 7.22. The van der Waals surface area contributed by atoms with Crippen molar-refractivity contribution >= 4 is 23.4 Å². The van der Waals surface area contributed by atoms with Crippen molar-refractivity contribution in [2.75, 3.05) is 63.6 Å². The van der Waals surface area contributed by atoms with Gasteiger partial charge in [-0.2, -0.15) is 15.2 Å². The molecule has 0 saturated carbocycles. The Hall–Kier alpha value is -4.02. The minimum absolute atomic E-state index is 0.0270. The van der Waals surface area contributed by atoms with Gasteiger partial charge < -0.3 is 24.8 Å². The molecule has 1 aromatic heterocycles. The Kier molecular flexibility index (Phi) is 10.3. The van der Waals surface area contributed by atoms with Crippen molar-refractivity contribution in [1.29, 1.82) is 5.26 Å². The Morgan fingerprint density at radius 1 is 1.15 bits per heavy atom. The molecule has 3 heterocycles. The highest BCUT2D eigenvalue weighted by Gasteiger charge is 2.33. The fourth-order valence-electron chi connectivity index (χ4n) is 5.02. The van der Waals surface area contributed by atoms with Crippen LogP contribution >= 0.6 is 0 Å². The molecule has 0 bridgehead atoms. The Balaban J connectivity index is 1.48. The quantitative estimate of drug-likeness (QED) is 0.394. The van der Waals surface area contributed by atoms with Gasteiger partial charge in [0, 0.05) is 38.3 Å². The molecule has 2 fully saturated rings. The maximum atomic E-state index is 13.8. The van der Waals surface area contributed by atoms with Crippen LogP contribution in [0.2, 0.25) is 0 Å². The van der Waals surface area contributed by atoms with Crippen molar-refractivity contribution in [3.05, 3.63) is 41.6 Å². The maximum absolute atomic E-state index is 13.8. The minimum atomic E-state index is -0.935. The number of rotatable bonds is 11. The Labute approximate surface area is 238 Å². The number of alkyl halides is 1. The molecular formula is C28H36FN7O5. The summed E-state index contributed by atoms with van der Waals surface area (Å²) in [4.78, 5) is 39.6. The van der Waals surface area contributed by atoms with E-state index in [0.717, 1.165) is 5.56 Å². The normalized spacial score (nSPS) is 21.3. The highest BCUT2D eigenvalue weighted by atomic mass is 19.1. The lowest BCUT2D eigenvalue weighted by molar-refractivity contribution is -0.147. The third-order valence-electron chi connectivity index (χ3n) is 7.22. The zero-order valence-corrected chi connectivity index (χ0v) is 23.4. The van der Waals surface area contributed by atoms with E-state index in [1.807, 2.05) is 52.1 Å². The molecular weight excluding hydrogens is 533 g/mol. The van der Waals surface area contributed by atoms with Gasteiger partial charge in [0.1, 0.15) is 25.1 Å². The smallest absolute Gasteiger partial charge is 0.359 e. The molecule has 2 aromatic rings. The second kappa shape index (κ2) is 14.0. The molecule has 220 valence electrons. The number of benzene rings is 1. The SMILES string of the molecule is CCOC(=O)c1nc(OC[C@@H]2C[C@@H](F)CN2C)nc(N2CCN(CC(=O)OCc3ccccc3)[C@@H](CC#N)C2)c1N. The van der Waals surface area contributed by atoms with E-state index in [0.29, 0.717) is 32.6 Å². The molecule has 0 aliphatic carbocycles. The number of ether oxygens (including phenoxy) is 3. The summed E-state index contributed by atoms with van der Waals surface area (Å²) in [5, 5.41) is 9.49. The number of carbonyl (C=O) groups is 2. The number of nitrogens with zero attached hydrogens (tertiary/aromatic N) is 6. The predicted molar refractivity (Wildman–Crippen MR) is 148 cm³/mol. The Morgan fingerprint density at radius 2 is 1.93 bits per heavy atom. The van der Waals surface area contributed by atoms with Crippen LogP contribution < -0.4 is 15.4 Å². The number of esters is 2. The standard InChI is InChI=1S/C28H36FN7O5/c1-3-39-27(38)25-24(31)26(33-28(32-25)41-18-22-13-20(29)14-34(22)2)36-12-11-35(21(15-36)9-10-30)16-23(37)40-17-19-7-5-4-6-8-19/h4-8,20-22H,3,9,11-18,31H2,1-2H3/t20-,21+,22+/m1/s1. The summed E-state index contributed by atoms with van der Waals surface area (Å²) in [5.74, 6) is -0.830. The number of nitriles is 1. The van der Waals surface area contributed by atoms with Gasteiger partial charge in [-0.25, -0.2) is 9.18 Å². The summed E-state index contributed by atoms with van der Waals surface area (Å²) >= 11 is 0. The number of carbonyl (C=O) groups excluding carboxylic acids is 2. The molecule has 0 unspecified atom stereocenters. The first kappa shape index (κ1) is 30.0. The molecule has 4 rings (SSSR count). The fraction of sp³-hybridized carbons (Fsp3) is 0.536. The van der Waals surface area contributed by atoms with Gasteiger partial charge in [-0.15, -0.1) is 0 Å². The van der Waals surface area contributed by atoms with Gasteiger partial charge in [-0.1, -0.05) is 30.3 Å². The zero-order chi connectivity index (χ0) is 29.4. The molecule has 12 nitrogen and oxygen atoms in total. The van der Waals surface area contributed by atoms with Crippen molar-refractivity contribution in [2.45, 2.75) is 44.6 Å². The van der Waals surface area contributed by atoms with Crippen molar-refractivity contribution in [3.63, 3.8) is 0 Å². The van der Waals surface area contributed by atoms with E-state index in [1.54, 1.807) is 6.92 Å². The first-order chi connectivity index (χ1) is 19.8. The number of nitrogen functional groups attached to an aromatic ring is 1. The zero-order valence-electron chi connectivity index (χ0n) is 23.4. The summed E-state index contributed by atoms with van der Waals surface area (Å²) < 4.78 is 30.2. The Bertz CT molecular complexity index is 1240. The van der Waals surface area contributed by atoms with E-state index in [2.05, 4.69) is 16.0 Å². The van der Waals surface area contributed by atoms with Gasteiger partial charge >= 0.3 is 17.9 Å². The van der Waals surface area contributed by atoms with Crippen molar-refractivity contribution in [1.82, 2.24) is 19.8 Å². The molecule has 41 heavy (non-hydrogen) atoms. The van der Waals surface area contributed by atoms with E-state index in [9.17, 15) is 19.2 Å². The molecule has 2 saturated heterocycles. The number of likely N-dealkylation sites (tertiary alicyclic amines) is 1. The summed E-state index contributed by atoms with van der Waals surface area (Å²) in [7, 11) is 1.82. The second-order valence-corrected chi connectivity index (χ2v) is 10.1. The number of nitrogens with two attached hydrogens (primary N) is 1. The van der Waals surface area contributed by atoms with Crippen LogP contribution in [0.15, 0.2) is 30.3 Å². The largest absolute Gasteiger partial charge is 0.462 e.